The van der Waals surface area contributed by atoms with Gasteiger partial charge in [0, 0.05) is 0 Å². The highest BCUT2D eigenvalue weighted by Crippen LogP contribution is 2.13. The van der Waals surface area contributed by atoms with Crippen LogP contribution in [0.2, 0.25) is 0 Å². The Morgan fingerprint density at radius 2 is 1.77 bits per heavy atom. The summed E-state index contributed by atoms with van der Waals surface area (Å²) >= 11 is 0. The van der Waals surface area contributed by atoms with Crippen LogP contribution in [-0.4, -0.2) is 10.7 Å². The van der Waals surface area contributed by atoms with Crippen molar-refractivity contribution < 1.29 is 5.11 Å². The third-order valence-electron chi connectivity index (χ3n) is 2.10. The van der Waals surface area contributed by atoms with E-state index >= 15 is 0 Å². The molecule has 13 heavy (non-hydrogen) atoms. The zero-order valence-electron chi connectivity index (χ0n) is 8.46. The van der Waals surface area contributed by atoms with Gasteiger partial charge in [-0.05, 0) is 38.7 Å². The minimum Gasteiger partial charge on any atom is -0.390 e. The Labute approximate surface area is 80.4 Å². The highest BCUT2D eigenvalue weighted by Gasteiger charge is 2.10. The van der Waals surface area contributed by atoms with E-state index in [0.717, 1.165) is 19.3 Å². The van der Waals surface area contributed by atoms with Crippen molar-refractivity contribution in [2.45, 2.75) is 38.7 Å². The monoisotopic (exact) mass is 178 g/mol. The van der Waals surface area contributed by atoms with Crippen molar-refractivity contribution in [2.24, 2.45) is 0 Å². The summed E-state index contributed by atoms with van der Waals surface area (Å²) in [5.74, 6) is 0. The second-order valence-electron chi connectivity index (χ2n) is 4.15. The minimum atomic E-state index is -0.519. The van der Waals surface area contributed by atoms with Crippen LogP contribution < -0.4 is 0 Å². The molecule has 0 amide bonds. The van der Waals surface area contributed by atoms with Gasteiger partial charge in [0.25, 0.3) is 0 Å². The average molecular weight is 178 g/mol. The number of aliphatic hydroxyl groups is 1. The lowest BCUT2D eigenvalue weighted by Gasteiger charge is -2.16. The van der Waals surface area contributed by atoms with Crippen molar-refractivity contribution in [3.63, 3.8) is 0 Å². The maximum Gasteiger partial charge on any atom is 0.0591 e. The van der Waals surface area contributed by atoms with E-state index in [1.54, 1.807) is 0 Å². The summed E-state index contributed by atoms with van der Waals surface area (Å²) in [6.07, 6.45) is 2.97. The standard InChI is InChI=1S/C12H18O/c1-12(2,13)10-6-9-11-7-4-3-5-8-11/h3-5,7-8,13H,6,9-10H2,1-2H3. The molecule has 0 aromatic heterocycles. The molecule has 0 radical (unpaired) electrons. The van der Waals surface area contributed by atoms with E-state index in [0.29, 0.717) is 0 Å². The van der Waals surface area contributed by atoms with Crippen molar-refractivity contribution in [1.82, 2.24) is 0 Å². The fraction of sp³-hybridized carbons (Fsp3) is 0.500. The lowest BCUT2D eigenvalue weighted by atomic mass is 9.99. The van der Waals surface area contributed by atoms with Gasteiger partial charge in [-0.2, -0.15) is 0 Å². The Kier molecular flexibility index (Phi) is 3.49. The van der Waals surface area contributed by atoms with Gasteiger partial charge in [-0.25, -0.2) is 0 Å². The summed E-state index contributed by atoms with van der Waals surface area (Å²) in [6, 6.07) is 10.4. The van der Waals surface area contributed by atoms with Crippen LogP contribution in [0.25, 0.3) is 0 Å². The Bertz CT molecular complexity index is 233. The van der Waals surface area contributed by atoms with E-state index in [2.05, 4.69) is 24.3 Å². The molecule has 1 rings (SSSR count). The Hall–Kier alpha value is -0.820. The molecule has 72 valence electrons. The lowest BCUT2D eigenvalue weighted by Crippen LogP contribution is -2.18. The first-order valence-corrected chi connectivity index (χ1v) is 4.84. The van der Waals surface area contributed by atoms with Crippen molar-refractivity contribution in [1.29, 1.82) is 0 Å². The van der Waals surface area contributed by atoms with Crippen LogP contribution in [0.3, 0.4) is 0 Å². The highest BCUT2D eigenvalue weighted by atomic mass is 16.3. The summed E-state index contributed by atoms with van der Waals surface area (Å²) in [7, 11) is 0. The summed E-state index contributed by atoms with van der Waals surface area (Å²) in [5.41, 5.74) is 0.834. The molecule has 0 saturated heterocycles. The molecule has 0 aliphatic rings. The third kappa shape index (κ3) is 4.69. The smallest absolute Gasteiger partial charge is 0.0591 e. The first-order chi connectivity index (χ1) is 6.08. The van der Waals surface area contributed by atoms with Crippen molar-refractivity contribution in [2.75, 3.05) is 0 Å². The van der Waals surface area contributed by atoms with Gasteiger partial charge in [0.1, 0.15) is 0 Å². The summed E-state index contributed by atoms with van der Waals surface area (Å²) in [6.45, 7) is 3.72. The minimum absolute atomic E-state index is 0.519. The van der Waals surface area contributed by atoms with Crippen LogP contribution >= 0.6 is 0 Å². The Morgan fingerprint density at radius 1 is 1.15 bits per heavy atom. The molecule has 1 aromatic rings. The maximum atomic E-state index is 9.50. The summed E-state index contributed by atoms with van der Waals surface area (Å²) in [4.78, 5) is 0. The molecule has 0 aliphatic heterocycles. The van der Waals surface area contributed by atoms with Crippen LogP contribution in [0.5, 0.6) is 0 Å². The topological polar surface area (TPSA) is 20.2 Å². The van der Waals surface area contributed by atoms with Crippen LogP contribution in [0.4, 0.5) is 0 Å². The van der Waals surface area contributed by atoms with Crippen LogP contribution in [0.15, 0.2) is 30.3 Å². The predicted octanol–water partition coefficient (Wildman–Crippen LogP) is 2.78. The number of hydrogen-bond acceptors (Lipinski definition) is 1. The molecule has 0 fully saturated rings. The molecule has 0 spiro atoms. The van der Waals surface area contributed by atoms with Crippen molar-refractivity contribution in [3.8, 4) is 0 Å². The summed E-state index contributed by atoms with van der Waals surface area (Å²) in [5, 5.41) is 9.50. The van der Waals surface area contributed by atoms with E-state index in [-0.39, 0.29) is 0 Å². The van der Waals surface area contributed by atoms with Gasteiger partial charge in [-0.15, -0.1) is 0 Å². The van der Waals surface area contributed by atoms with Gasteiger partial charge in [-0.3, -0.25) is 0 Å². The molecule has 0 heterocycles. The van der Waals surface area contributed by atoms with Crippen LogP contribution in [0.1, 0.15) is 32.3 Å². The zero-order valence-corrected chi connectivity index (χ0v) is 8.46. The SMILES string of the molecule is CC(C)(O)CCCc1ccccc1. The molecule has 0 atom stereocenters. The molecule has 0 bridgehead atoms. The van der Waals surface area contributed by atoms with Gasteiger partial charge in [0.05, 0.1) is 5.60 Å². The van der Waals surface area contributed by atoms with Crippen LogP contribution in [-0.2, 0) is 6.42 Å². The first kappa shape index (κ1) is 10.3. The molecule has 1 heteroatoms. The number of hydrogen-bond donors (Lipinski definition) is 1. The fourth-order valence-electron chi connectivity index (χ4n) is 1.37. The van der Waals surface area contributed by atoms with Crippen molar-refractivity contribution in [3.05, 3.63) is 35.9 Å². The Balaban J connectivity index is 2.29. The predicted molar refractivity (Wildman–Crippen MR) is 55.7 cm³/mol. The highest BCUT2D eigenvalue weighted by molar-refractivity contribution is 5.14. The largest absolute Gasteiger partial charge is 0.390 e. The molecule has 0 saturated carbocycles. The molecular formula is C12H18O. The molecule has 0 aliphatic carbocycles. The quantitative estimate of drug-likeness (QED) is 0.751. The van der Waals surface area contributed by atoms with Gasteiger partial charge in [-0.1, -0.05) is 30.3 Å². The van der Waals surface area contributed by atoms with E-state index < -0.39 is 5.60 Å². The van der Waals surface area contributed by atoms with Gasteiger partial charge >= 0.3 is 0 Å². The number of benzene rings is 1. The van der Waals surface area contributed by atoms with Gasteiger partial charge in [0.2, 0.25) is 0 Å². The normalized spacial score (nSPS) is 11.6. The van der Waals surface area contributed by atoms with E-state index in [9.17, 15) is 5.11 Å². The molecule has 0 unspecified atom stereocenters. The lowest BCUT2D eigenvalue weighted by molar-refractivity contribution is 0.0689. The third-order valence-corrected chi connectivity index (χ3v) is 2.10. The van der Waals surface area contributed by atoms with E-state index in [1.165, 1.54) is 5.56 Å². The molecule has 1 nitrogen and oxygen atoms in total. The van der Waals surface area contributed by atoms with Gasteiger partial charge < -0.3 is 5.11 Å². The van der Waals surface area contributed by atoms with Crippen molar-refractivity contribution >= 4 is 0 Å². The Morgan fingerprint density at radius 3 is 2.31 bits per heavy atom. The first-order valence-electron chi connectivity index (χ1n) is 4.84. The fourth-order valence-corrected chi connectivity index (χ4v) is 1.37. The molecular weight excluding hydrogens is 160 g/mol. The summed E-state index contributed by atoms with van der Waals surface area (Å²) < 4.78 is 0. The number of aryl methyl sites for hydroxylation is 1. The van der Waals surface area contributed by atoms with E-state index in [4.69, 9.17) is 0 Å². The maximum absolute atomic E-state index is 9.50. The van der Waals surface area contributed by atoms with Crippen LogP contribution in [0, 0.1) is 0 Å². The second kappa shape index (κ2) is 4.43. The zero-order chi connectivity index (χ0) is 9.73. The number of rotatable bonds is 4. The van der Waals surface area contributed by atoms with E-state index in [1.807, 2.05) is 19.9 Å². The van der Waals surface area contributed by atoms with Gasteiger partial charge in [0.15, 0.2) is 0 Å². The average Bonchev–Trinajstić information content (AvgIpc) is 2.04. The second-order valence-corrected chi connectivity index (χ2v) is 4.15. The molecule has 1 N–H and O–H groups in total. The molecule has 1 aromatic carbocycles.